The zero-order chi connectivity index (χ0) is 32.4. The van der Waals surface area contributed by atoms with E-state index >= 15 is 0 Å². The molecule has 232 valence electrons. The summed E-state index contributed by atoms with van der Waals surface area (Å²) < 4.78 is 2.76. The molecule has 13 heteroatoms. The number of benzene rings is 1. The summed E-state index contributed by atoms with van der Waals surface area (Å²) in [5.41, 5.74) is 9.26. The van der Waals surface area contributed by atoms with Gasteiger partial charge in [-0.15, -0.1) is 0 Å². The number of anilines is 1. The van der Waals surface area contributed by atoms with Gasteiger partial charge in [0.15, 0.2) is 0 Å². The van der Waals surface area contributed by atoms with Gasteiger partial charge >= 0.3 is 5.69 Å². The number of allylic oxidation sites excluding steroid dienone is 2. The lowest BCUT2D eigenvalue weighted by Gasteiger charge is -2.25. The number of hydrogen-bond donors (Lipinski definition) is 3. The van der Waals surface area contributed by atoms with Gasteiger partial charge in [-0.25, -0.2) is 19.0 Å². The number of aliphatic imine (C=N–C) groups is 1. The summed E-state index contributed by atoms with van der Waals surface area (Å²) in [5, 5.41) is 9.87. The zero-order valence-electron chi connectivity index (χ0n) is 25.8. The quantitative estimate of drug-likeness (QED) is 0.259. The van der Waals surface area contributed by atoms with Crippen LogP contribution in [0.25, 0.3) is 5.69 Å². The van der Waals surface area contributed by atoms with Crippen LogP contribution in [0.1, 0.15) is 70.2 Å². The standard InChI is InChI=1S/C32H35N9O4/c1-6-25-27-24(31(44)41(25)23-12-10-22(11-13-23)40-19(3)38-39(5)32(40)45)16-18(2)35-28(27)30(43)36-21-9-7-8-20(17-21)29(42)37-26(33)14-15-34-4/h8,10-17,25,34H,6-7,9H2,1-5H3,(H,36,43)(H2,33,37,42)/b15-14-. The van der Waals surface area contributed by atoms with Crippen LogP contribution in [-0.4, -0.2) is 49.9 Å². The van der Waals surface area contributed by atoms with Gasteiger partial charge in [0.25, 0.3) is 17.7 Å². The number of nitrogens with one attached hydrogen (secondary N) is 2. The molecule has 0 spiro atoms. The molecule has 0 saturated heterocycles. The number of amidine groups is 1. The Kier molecular flexibility index (Phi) is 8.61. The largest absolute Gasteiger partial charge is 0.394 e. The van der Waals surface area contributed by atoms with Crippen LogP contribution in [-0.2, 0) is 11.8 Å². The summed E-state index contributed by atoms with van der Waals surface area (Å²) in [6.07, 6.45) is 7.93. The molecule has 3 amide bonds. The number of hydrogen-bond acceptors (Lipinski definition) is 7. The molecule has 4 N–H and O–H groups in total. The third-order valence-corrected chi connectivity index (χ3v) is 7.64. The maximum Gasteiger partial charge on any atom is 0.350 e. The minimum atomic E-state index is -0.517. The number of carbonyl (C=O) groups is 3. The SMILES string of the molecule is CCC1c2c(cc(C)nc2C(=O)NC2=CC(C(=O)N=C(N)/C=C\NC)=CCC2)C(=O)N1c1ccc(-n2c(C)nn(C)c2=O)cc1. The second-order valence-electron chi connectivity index (χ2n) is 10.8. The molecule has 0 radical (unpaired) electrons. The van der Waals surface area contributed by atoms with Crippen molar-refractivity contribution < 1.29 is 14.4 Å². The Labute approximate surface area is 259 Å². The molecule has 1 unspecified atom stereocenters. The number of nitrogens with zero attached hydrogens (tertiary/aromatic N) is 6. The van der Waals surface area contributed by atoms with Crippen LogP contribution < -0.4 is 27.0 Å². The summed E-state index contributed by atoms with van der Waals surface area (Å²) >= 11 is 0. The Hall–Kier alpha value is -5.59. The molecule has 5 rings (SSSR count). The van der Waals surface area contributed by atoms with Gasteiger partial charge in [0.1, 0.15) is 17.4 Å². The summed E-state index contributed by atoms with van der Waals surface area (Å²) in [5.74, 6) is -0.632. The van der Waals surface area contributed by atoms with E-state index < -0.39 is 17.9 Å². The first-order valence-corrected chi connectivity index (χ1v) is 14.6. The van der Waals surface area contributed by atoms with E-state index in [-0.39, 0.29) is 23.1 Å². The maximum absolute atomic E-state index is 13.8. The van der Waals surface area contributed by atoms with Crippen LogP contribution in [0.4, 0.5) is 5.69 Å². The maximum atomic E-state index is 13.8. The van der Waals surface area contributed by atoms with Crippen LogP contribution in [0.2, 0.25) is 0 Å². The first-order valence-electron chi connectivity index (χ1n) is 14.6. The summed E-state index contributed by atoms with van der Waals surface area (Å²) in [4.78, 5) is 62.9. The molecule has 1 aliphatic heterocycles. The van der Waals surface area contributed by atoms with Crippen molar-refractivity contribution in [2.24, 2.45) is 17.8 Å². The fourth-order valence-corrected chi connectivity index (χ4v) is 5.64. The van der Waals surface area contributed by atoms with Crippen molar-refractivity contribution in [1.82, 2.24) is 30.0 Å². The lowest BCUT2D eigenvalue weighted by Crippen LogP contribution is -2.29. The highest BCUT2D eigenvalue weighted by Crippen LogP contribution is 2.41. The normalized spacial score (nSPS) is 16.5. The number of aromatic nitrogens is 4. The molecule has 1 aliphatic carbocycles. The van der Waals surface area contributed by atoms with Crippen molar-refractivity contribution in [3.8, 4) is 5.69 Å². The minimum Gasteiger partial charge on any atom is -0.394 e. The molecule has 2 aromatic heterocycles. The smallest absolute Gasteiger partial charge is 0.350 e. The highest BCUT2D eigenvalue weighted by atomic mass is 16.2. The molecular formula is C32H35N9O4. The molecule has 3 heterocycles. The van der Waals surface area contributed by atoms with Crippen molar-refractivity contribution in [3.05, 3.63) is 105 Å². The second kappa shape index (κ2) is 12.6. The van der Waals surface area contributed by atoms with E-state index in [1.807, 2.05) is 6.92 Å². The van der Waals surface area contributed by atoms with E-state index in [9.17, 15) is 19.2 Å². The summed E-state index contributed by atoms with van der Waals surface area (Å²) in [7, 11) is 3.29. The second-order valence-corrected chi connectivity index (χ2v) is 10.8. The van der Waals surface area contributed by atoms with Crippen LogP contribution >= 0.6 is 0 Å². The van der Waals surface area contributed by atoms with E-state index in [2.05, 4.69) is 25.7 Å². The van der Waals surface area contributed by atoms with Crippen molar-refractivity contribution in [1.29, 1.82) is 0 Å². The van der Waals surface area contributed by atoms with Gasteiger partial charge in [0.2, 0.25) is 0 Å². The van der Waals surface area contributed by atoms with Gasteiger partial charge in [-0.1, -0.05) is 13.0 Å². The first-order chi connectivity index (χ1) is 21.5. The molecule has 45 heavy (non-hydrogen) atoms. The topological polar surface area (TPSA) is 170 Å². The van der Waals surface area contributed by atoms with Gasteiger partial charge in [0.05, 0.1) is 11.7 Å². The van der Waals surface area contributed by atoms with E-state index in [0.717, 1.165) is 0 Å². The molecule has 1 aromatic carbocycles. The molecule has 2 aliphatic rings. The molecule has 0 saturated carbocycles. The number of nitrogens with two attached hydrogens (primary N) is 1. The van der Waals surface area contributed by atoms with Crippen LogP contribution in [0.3, 0.4) is 0 Å². The van der Waals surface area contributed by atoms with E-state index in [1.165, 1.54) is 15.3 Å². The lowest BCUT2D eigenvalue weighted by molar-refractivity contribution is -0.114. The van der Waals surface area contributed by atoms with Crippen molar-refractivity contribution in [2.75, 3.05) is 11.9 Å². The molecule has 13 nitrogen and oxygen atoms in total. The predicted octanol–water partition coefficient (Wildman–Crippen LogP) is 2.65. The van der Waals surface area contributed by atoms with Gasteiger partial charge in [-0.05, 0) is 81.8 Å². The van der Waals surface area contributed by atoms with Crippen LogP contribution in [0.5, 0.6) is 0 Å². The number of amides is 3. The van der Waals surface area contributed by atoms with Crippen LogP contribution in [0.15, 0.2) is 75.8 Å². The average molecular weight is 610 g/mol. The number of aryl methyl sites for hydroxylation is 3. The van der Waals surface area contributed by atoms with E-state index in [4.69, 9.17) is 5.73 Å². The third-order valence-electron chi connectivity index (χ3n) is 7.64. The monoisotopic (exact) mass is 609 g/mol. The van der Waals surface area contributed by atoms with Crippen molar-refractivity contribution >= 4 is 29.2 Å². The lowest BCUT2D eigenvalue weighted by atomic mass is 9.98. The average Bonchev–Trinajstić information content (AvgIpc) is 3.45. The minimum absolute atomic E-state index is 0.0508. The molecule has 0 bridgehead atoms. The Balaban J connectivity index is 1.43. The van der Waals surface area contributed by atoms with Crippen LogP contribution in [0, 0.1) is 13.8 Å². The summed E-state index contributed by atoms with van der Waals surface area (Å²) in [6.45, 7) is 5.43. The Bertz CT molecular complexity index is 1880. The van der Waals surface area contributed by atoms with Crippen molar-refractivity contribution in [3.63, 3.8) is 0 Å². The van der Waals surface area contributed by atoms with Gasteiger partial charge in [-0.3, -0.25) is 14.4 Å². The van der Waals surface area contributed by atoms with Gasteiger partial charge in [-0.2, -0.15) is 10.1 Å². The van der Waals surface area contributed by atoms with E-state index in [1.54, 1.807) is 81.5 Å². The summed E-state index contributed by atoms with van der Waals surface area (Å²) in [6, 6.07) is 8.35. The third kappa shape index (κ3) is 5.96. The molecule has 0 fully saturated rings. The Morgan fingerprint density at radius 1 is 1.16 bits per heavy atom. The first kappa shape index (κ1) is 30.9. The Morgan fingerprint density at radius 3 is 2.51 bits per heavy atom. The number of pyridine rings is 1. The van der Waals surface area contributed by atoms with Gasteiger partial charge < -0.3 is 21.3 Å². The number of carbonyl (C=O) groups excluding carboxylic acids is 3. The highest BCUT2D eigenvalue weighted by molar-refractivity contribution is 6.13. The highest BCUT2D eigenvalue weighted by Gasteiger charge is 2.40. The zero-order valence-corrected chi connectivity index (χ0v) is 25.8. The van der Waals surface area contributed by atoms with Crippen molar-refractivity contribution in [2.45, 2.75) is 46.1 Å². The fourth-order valence-electron chi connectivity index (χ4n) is 5.64. The number of fused-ring (bicyclic) bond motifs is 1. The fraction of sp³-hybridized carbons (Fsp3) is 0.281. The molecule has 3 aromatic rings. The predicted molar refractivity (Wildman–Crippen MR) is 170 cm³/mol. The Morgan fingerprint density at radius 2 is 1.87 bits per heavy atom. The molecular weight excluding hydrogens is 574 g/mol. The van der Waals surface area contributed by atoms with Gasteiger partial charge in [0, 0.05) is 47.9 Å². The van der Waals surface area contributed by atoms with E-state index in [0.29, 0.717) is 64.6 Å². The molecule has 1 atom stereocenters. The number of rotatable bonds is 8.